The summed E-state index contributed by atoms with van der Waals surface area (Å²) >= 11 is 0. The third-order valence-electron chi connectivity index (χ3n) is 5.35. The maximum absolute atomic E-state index is 14.7. The van der Waals surface area contributed by atoms with Crippen molar-refractivity contribution in [3.8, 4) is 0 Å². The first-order valence-electron chi connectivity index (χ1n) is 8.77. The maximum Gasteiger partial charge on any atom is 0.497 e. The van der Waals surface area contributed by atoms with Gasteiger partial charge in [0.1, 0.15) is 11.6 Å². The van der Waals surface area contributed by atoms with Crippen LogP contribution in [0.1, 0.15) is 45.0 Å². The molecule has 1 aromatic rings. The lowest BCUT2D eigenvalue weighted by Gasteiger charge is -2.32. The van der Waals surface area contributed by atoms with Crippen LogP contribution >= 0.6 is 0 Å². The number of ether oxygens (including phenoxy) is 1. The molecular formula is C18H24BF2NO4. The predicted octanol–water partition coefficient (Wildman–Crippen LogP) is 2.12. The van der Waals surface area contributed by atoms with Gasteiger partial charge in [-0.15, -0.1) is 0 Å². The Hall–Kier alpha value is -1.51. The zero-order chi connectivity index (χ0) is 19.3. The molecule has 8 heteroatoms. The number of halogens is 2. The van der Waals surface area contributed by atoms with Crippen molar-refractivity contribution in [2.75, 3.05) is 19.7 Å². The van der Waals surface area contributed by atoms with Crippen LogP contribution in [0.3, 0.4) is 0 Å². The molecule has 0 bridgehead atoms. The van der Waals surface area contributed by atoms with E-state index in [1.165, 1.54) is 4.90 Å². The minimum absolute atomic E-state index is 0.0481. The van der Waals surface area contributed by atoms with Crippen LogP contribution in [0.25, 0.3) is 0 Å². The molecule has 0 saturated carbocycles. The first-order chi connectivity index (χ1) is 12.0. The molecular weight excluding hydrogens is 343 g/mol. The number of morpholine rings is 1. The van der Waals surface area contributed by atoms with E-state index in [9.17, 15) is 13.6 Å². The normalized spacial score (nSPS) is 24.8. The molecule has 0 spiro atoms. The highest BCUT2D eigenvalue weighted by molar-refractivity contribution is 6.62. The van der Waals surface area contributed by atoms with Crippen molar-refractivity contribution in [2.24, 2.45) is 0 Å². The fourth-order valence-electron chi connectivity index (χ4n) is 3.05. The molecule has 1 aromatic carbocycles. The minimum atomic E-state index is -1.03. The third kappa shape index (κ3) is 3.37. The minimum Gasteiger partial charge on any atom is -0.399 e. The summed E-state index contributed by atoms with van der Waals surface area (Å²) in [5.74, 6) is -2.06. The van der Waals surface area contributed by atoms with E-state index in [0.717, 1.165) is 12.1 Å². The zero-order valence-corrected chi connectivity index (χ0v) is 15.8. The van der Waals surface area contributed by atoms with Gasteiger partial charge in [-0.1, -0.05) is 0 Å². The van der Waals surface area contributed by atoms with Crippen molar-refractivity contribution in [3.63, 3.8) is 0 Å². The Morgan fingerprint density at radius 3 is 2.35 bits per heavy atom. The molecule has 0 aliphatic carbocycles. The van der Waals surface area contributed by atoms with E-state index in [2.05, 4.69) is 0 Å². The monoisotopic (exact) mass is 367 g/mol. The van der Waals surface area contributed by atoms with Gasteiger partial charge in [-0.2, -0.15) is 0 Å². The average Bonchev–Trinajstić information content (AvgIpc) is 2.76. The molecule has 2 aliphatic rings. The lowest BCUT2D eigenvalue weighted by molar-refractivity contribution is -0.0126. The van der Waals surface area contributed by atoms with Gasteiger partial charge in [-0.3, -0.25) is 4.79 Å². The van der Waals surface area contributed by atoms with Crippen molar-refractivity contribution < 1.29 is 27.6 Å². The van der Waals surface area contributed by atoms with Crippen molar-refractivity contribution in [2.45, 2.75) is 51.9 Å². The fraction of sp³-hybridized carbons (Fsp3) is 0.611. The van der Waals surface area contributed by atoms with E-state index in [1.54, 1.807) is 0 Å². The molecule has 0 N–H and O–H groups in total. The standard InChI is InChI=1S/C18H24BF2NO4/c1-11-10-22(6-7-24-11)16(23)12-8-15(21)13(9-14(12)20)19-25-17(2,3)18(4,5)26-19/h8-9,11H,6-7,10H2,1-5H3/t11-/m0/s1. The van der Waals surface area contributed by atoms with E-state index in [0.29, 0.717) is 19.7 Å². The van der Waals surface area contributed by atoms with E-state index in [1.807, 2.05) is 34.6 Å². The van der Waals surface area contributed by atoms with Crippen molar-refractivity contribution in [3.05, 3.63) is 29.3 Å². The number of hydrogen-bond donors (Lipinski definition) is 0. The second-order valence-corrected chi connectivity index (χ2v) is 7.87. The number of benzene rings is 1. The van der Waals surface area contributed by atoms with Gasteiger partial charge in [0, 0.05) is 18.6 Å². The highest BCUT2D eigenvalue weighted by atomic mass is 19.1. The van der Waals surface area contributed by atoms with Crippen LogP contribution in [0.5, 0.6) is 0 Å². The van der Waals surface area contributed by atoms with Gasteiger partial charge in [-0.05, 0) is 46.8 Å². The van der Waals surface area contributed by atoms with E-state index in [-0.39, 0.29) is 17.1 Å². The van der Waals surface area contributed by atoms with Gasteiger partial charge >= 0.3 is 7.12 Å². The number of carbonyl (C=O) groups is 1. The highest BCUT2D eigenvalue weighted by Gasteiger charge is 2.52. The SMILES string of the molecule is C[C@H]1CN(C(=O)c2cc(F)c(B3OC(C)(C)C(C)(C)O3)cc2F)CCO1. The number of hydrogen-bond acceptors (Lipinski definition) is 4. The lowest BCUT2D eigenvalue weighted by atomic mass is 9.78. The van der Waals surface area contributed by atoms with Gasteiger partial charge in [0.05, 0.1) is 29.5 Å². The second kappa shape index (κ2) is 6.58. The van der Waals surface area contributed by atoms with Gasteiger partial charge < -0.3 is 18.9 Å². The number of amides is 1. The van der Waals surface area contributed by atoms with Crippen LogP contribution in [0.15, 0.2) is 12.1 Å². The molecule has 2 saturated heterocycles. The van der Waals surface area contributed by atoms with Gasteiger partial charge in [0.25, 0.3) is 5.91 Å². The topological polar surface area (TPSA) is 48.0 Å². The Morgan fingerprint density at radius 1 is 1.15 bits per heavy atom. The van der Waals surface area contributed by atoms with Crippen LogP contribution in [-0.2, 0) is 14.0 Å². The Bertz CT molecular complexity index is 709. The van der Waals surface area contributed by atoms with Crippen LogP contribution in [-0.4, -0.2) is 54.9 Å². The Kier molecular flexibility index (Phi) is 4.88. The summed E-state index contributed by atoms with van der Waals surface area (Å²) in [4.78, 5) is 14.0. The molecule has 2 heterocycles. The molecule has 3 rings (SSSR count). The first-order valence-corrected chi connectivity index (χ1v) is 8.77. The predicted molar refractivity (Wildman–Crippen MR) is 93.4 cm³/mol. The first kappa shape index (κ1) is 19.3. The van der Waals surface area contributed by atoms with Crippen LogP contribution < -0.4 is 5.46 Å². The Labute approximate surface area is 152 Å². The van der Waals surface area contributed by atoms with Crippen molar-refractivity contribution in [1.29, 1.82) is 0 Å². The van der Waals surface area contributed by atoms with Crippen molar-refractivity contribution in [1.82, 2.24) is 4.90 Å². The summed E-state index contributed by atoms with van der Waals surface area (Å²) in [5.41, 5.74) is -1.68. The fourth-order valence-corrected chi connectivity index (χ4v) is 3.05. The number of rotatable bonds is 2. The molecule has 0 radical (unpaired) electrons. The van der Waals surface area contributed by atoms with Crippen LogP contribution in [0, 0.1) is 11.6 Å². The quantitative estimate of drug-likeness (QED) is 0.752. The van der Waals surface area contributed by atoms with Gasteiger partial charge in [0.15, 0.2) is 0 Å². The van der Waals surface area contributed by atoms with E-state index < -0.39 is 35.9 Å². The summed E-state index contributed by atoms with van der Waals surface area (Å²) in [6.45, 7) is 10.2. The van der Waals surface area contributed by atoms with E-state index >= 15 is 0 Å². The zero-order valence-electron chi connectivity index (χ0n) is 15.8. The molecule has 5 nitrogen and oxygen atoms in total. The highest BCUT2D eigenvalue weighted by Crippen LogP contribution is 2.36. The second-order valence-electron chi connectivity index (χ2n) is 7.87. The molecule has 1 atom stereocenters. The summed E-state index contributed by atoms with van der Waals surface area (Å²) in [7, 11) is -1.03. The third-order valence-corrected chi connectivity index (χ3v) is 5.35. The summed E-state index contributed by atoms with van der Waals surface area (Å²) < 4.78 is 46.2. The van der Waals surface area contributed by atoms with Crippen LogP contribution in [0.4, 0.5) is 8.78 Å². The van der Waals surface area contributed by atoms with Crippen LogP contribution in [0.2, 0.25) is 0 Å². The average molecular weight is 367 g/mol. The summed E-state index contributed by atoms with van der Waals surface area (Å²) in [5, 5.41) is 0. The summed E-state index contributed by atoms with van der Waals surface area (Å²) in [6, 6.07) is 1.92. The largest absolute Gasteiger partial charge is 0.497 e. The maximum atomic E-state index is 14.7. The molecule has 26 heavy (non-hydrogen) atoms. The molecule has 1 amide bonds. The number of carbonyl (C=O) groups excluding carboxylic acids is 1. The molecule has 0 unspecified atom stereocenters. The number of nitrogens with zero attached hydrogens (tertiary/aromatic N) is 1. The Morgan fingerprint density at radius 2 is 1.77 bits per heavy atom. The van der Waals surface area contributed by atoms with Gasteiger partial charge in [-0.25, -0.2) is 8.78 Å². The molecule has 0 aromatic heterocycles. The Balaban J connectivity index is 1.86. The molecule has 142 valence electrons. The molecule has 2 fully saturated rings. The van der Waals surface area contributed by atoms with Gasteiger partial charge in [0.2, 0.25) is 0 Å². The summed E-state index contributed by atoms with van der Waals surface area (Å²) in [6.07, 6.45) is -0.135. The van der Waals surface area contributed by atoms with Crippen molar-refractivity contribution >= 4 is 18.5 Å². The smallest absolute Gasteiger partial charge is 0.399 e. The van der Waals surface area contributed by atoms with E-state index in [4.69, 9.17) is 14.0 Å². The molecule has 2 aliphatic heterocycles. The lowest BCUT2D eigenvalue weighted by Crippen LogP contribution is -2.45.